The number of fused-ring (bicyclic) bond motifs is 1. The van der Waals surface area contributed by atoms with Gasteiger partial charge in [0.05, 0.1) is 10.0 Å². The lowest BCUT2D eigenvalue weighted by molar-refractivity contribution is -0.132. The smallest absolute Gasteiger partial charge is 0.322 e. The van der Waals surface area contributed by atoms with Gasteiger partial charge in [0.25, 0.3) is 0 Å². The number of aryl methyl sites for hydroxylation is 1. The van der Waals surface area contributed by atoms with Crippen LogP contribution in [0.3, 0.4) is 0 Å². The van der Waals surface area contributed by atoms with Crippen LogP contribution < -0.4 is 5.32 Å². The van der Waals surface area contributed by atoms with E-state index in [2.05, 4.69) is 16.4 Å². The van der Waals surface area contributed by atoms with E-state index in [9.17, 15) is 9.59 Å². The van der Waals surface area contributed by atoms with E-state index in [1.807, 2.05) is 67.4 Å². The van der Waals surface area contributed by atoms with Gasteiger partial charge in [0.2, 0.25) is 5.91 Å². The Bertz CT molecular complexity index is 1510. The van der Waals surface area contributed by atoms with Crippen molar-refractivity contribution in [1.29, 1.82) is 0 Å². The summed E-state index contributed by atoms with van der Waals surface area (Å²) >= 11 is 12.4. The van der Waals surface area contributed by atoms with Crippen LogP contribution in [0.25, 0.3) is 10.9 Å². The van der Waals surface area contributed by atoms with Crippen LogP contribution in [0, 0.1) is 13.8 Å². The van der Waals surface area contributed by atoms with Crippen molar-refractivity contribution in [3.63, 3.8) is 0 Å². The zero-order valence-corrected chi connectivity index (χ0v) is 23.6. The predicted octanol–water partition coefficient (Wildman–Crippen LogP) is 7.36. The van der Waals surface area contributed by atoms with Crippen LogP contribution in [0.4, 0.5) is 10.5 Å². The summed E-state index contributed by atoms with van der Waals surface area (Å²) < 4.78 is 0. The molecule has 4 aromatic rings. The van der Waals surface area contributed by atoms with E-state index >= 15 is 0 Å². The lowest BCUT2D eigenvalue weighted by Gasteiger charge is -2.28. The van der Waals surface area contributed by atoms with Crippen LogP contribution in [0.1, 0.15) is 35.1 Å². The van der Waals surface area contributed by atoms with E-state index in [0.717, 1.165) is 51.7 Å². The van der Waals surface area contributed by atoms with Crippen molar-refractivity contribution >= 4 is 51.7 Å². The number of urea groups is 1. The van der Waals surface area contributed by atoms with Gasteiger partial charge in [-0.25, -0.2) is 4.79 Å². The predicted molar refractivity (Wildman–Crippen MR) is 159 cm³/mol. The Morgan fingerprint density at radius 2 is 1.79 bits per heavy atom. The van der Waals surface area contributed by atoms with Crippen LogP contribution in [0.15, 0.2) is 66.9 Å². The van der Waals surface area contributed by atoms with E-state index in [-0.39, 0.29) is 24.5 Å². The molecular formula is C31H32Cl2N4O2. The van der Waals surface area contributed by atoms with Crippen LogP contribution in [-0.4, -0.2) is 45.9 Å². The number of para-hydroxylation sites is 1. The molecule has 1 saturated carbocycles. The highest BCUT2D eigenvalue weighted by Crippen LogP contribution is 2.29. The Morgan fingerprint density at radius 3 is 2.56 bits per heavy atom. The first-order valence-corrected chi connectivity index (χ1v) is 14.0. The highest BCUT2D eigenvalue weighted by atomic mass is 35.5. The number of aromatic amines is 1. The van der Waals surface area contributed by atoms with E-state index in [4.69, 9.17) is 23.2 Å². The molecule has 6 nitrogen and oxygen atoms in total. The lowest BCUT2D eigenvalue weighted by Crippen LogP contribution is -2.46. The number of hydrogen-bond acceptors (Lipinski definition) is 2. The minimum atomic E-state index is -0.245. The number of halogens is 2. The van der Waals surface area contributed by atoms with Gasteiger partial charge in [-0.15, -0.1) is 0 Å². The van der Waals surface area contributed by atoms with Crippen LogP contribution >= 0.6 is 23.2 Å². The number of amides is 3. The molecule has 3 amide bonds. The van der Waals surface area contributed by atoms with Gasteiger partial charge in [-0.1, -0.05) is 59.6 Å². The molecule has 0 unspecified atom stereocenters. The van der Waals surface area contributed by atoms with Crippen molar-refractivity contribution in [2.75, 3.05) is 18.4 Å². The third-order valence-corrected chi connectivity index (χ3v) is 8.18. The molecule has 0 saturated heterocycles. The summed E-state index contributed by atoms with van der Waals surface area (Å²) in [4.78, 5) is 33.9. The standard InChI is InChI=1S/C31H32Cl2N4O2/c1-20-6-5-9-28(21(20)2)35-31(39)37(24-11-12-24)19-30(38)36(18-22-10-13-26(32)27(33)16-22)15-14-23-17-34-29-8-4-3-7-25(23)29/h3-10,13,16-17,24,34H,11-12,14-15,18-19H2,1-2H3,(H,35,39). The molecule has 0 aliphatic heterocycles. The number of H-pyrrole nitrogens is 1. The Balaban J connectivity index is 1.34. The molecule has 1 aliphatic rings. The third kappa shape index (κ3) is 6.40. The Kier molecular flexibility index (Phi) is 8.15. The second-order valence-electron chi connectivity index (χ2n) is 10.2. The summed E-state index contributed by atoms with van der Waals surface area (Å²) in [6, 6.07) is 19.2. The van der Waals surface area contributed by atoms with E-state index in [0.29, 0.717) is 29.6 Å². The zero-order valence-electron chi connectivity index (χ0n) is 22.1. The molecule has 5 rings (SSSR count). The fraction of sp³-hybridized carbons (Fsp3) is 0.290. The molecular weight excluding hydrogens is 531 g/mol. The molecule has 1 fully saturated rings. The maximum atomic E-state index is 13.8. The summed E-state index contributed by atoms with van der Waals surface area (Å²) in [5.41, 5.74) is 5.99. The quantitative estimate of drug-likeness (QED) is 0.224. The topological polar surface area (TPSA) is 68.4 Å². The fourth-order valence-corrected chi connectivity index (χ4v) is 5.14. The van der Waals surface area contributed by atoms with Gasteiger partial charge >= 0.3 is 6.03 Å². The molecule has 0 radical (unpaired) electrons. The van der Waals surface area contributed by atoms with Crippen LogP contribution in [0.5, 0.6) is 0 Å². The Hall–Kier alpha value is -3.48. The first-order valence-electron chi connectivity index (χ1n) is 13.2. The molecule has 3 aromatic carbocycles. The summed E-state index contributed by atoms with van der Waals surface area (Å²) in [6.45, 7) is 4.88. The van der Waals surface area contributed by atoms with Crippen LogP contribution in [0.2, 0.25) is 10.0 Å². The molecule has 8 heteroatoms. The average Bonchev–Trinajstić information content (AvgIpc) is 3.69. The van der Waals surface area contributed by atoms with Gasteiger partial charge < -0.3 is 20.1 Å². The number of rotatable bonds is 9. The highest BCUT2D eigenvalue weighted by Gasteiger charge is 2.35. The number of carbonyl (C=O) groups is 2. The molecule has 0 bridgehead atoms. The number of carbonyl (C=O) groups excluding carboxylic acids is 2. The molecule has 1 aromatic heterocycles. The fourth-order valence-electron chi connectivity index (χ4n) is 4.82. The number of aromatic nitrogens is 1. The lowest BCUT2D eigenvalue weighted by atomic mass is 10.1. The SMILES string of the molecule is Cc1cccc(NC(=O)N(CC(=O)N(CCc2c[nH]c3ccccc23)Cc2ccc(Cl)c(Cl)c2)C2CC2)c1C. The maximum absolute atomic E-state index is 13.8. The van der Waals surface area contributed by atoms with Crippen molar-refractivity contribution in [2.24, 2.45) is 0 Å². The maximum Gasteiger partial charge on any atom is 0.322 e. The highest BCUT2D eigenvalue weighted by molar-refractivity contribution is 6.42. The molecule has 1 heterocycles. The minimum absolute atomic E-state index is 0.0105. The monoisotopic (exact) mass is 562 g/mol. The molecule has 2 N–H and O–H groups in total. The number of nitrogens with one attached hydrogen (secondary N) is 2. The second-order valence-corrected chi connectivity index (χ2v) is 11.0. The van der Waals surface area contributed by atoms with Gasteiger partial charge in [0.1, 0.15) is 6.54 Å². The number of hydrogen-bond donors (Lipinski definition) is 2. The average molecular weight is 564 g/mol. The second kappa shape index (κ2) is 11.7. The van der Waals surface area contributed by atoms with Gasteiger partial charge in [0, 0.05) is 41.9 Å². The summed E-state index contributed by atoms with van der Waals surface area (Å²) in [5.74, 6) is -0.107. The molecule has 0 atom stereocenters. The van der Waals surface area contributed by atoms with Crippen molar-refractivity contribution in [3.05, 3.63) is 99.2 Å². The number of anilines is 1. The molecule has 39 heavy (non-hydrogen) atoms. The van der Waals surface area contributed by atoms with Gasteiger partial charge in [-0.2, -0.15) is 0 Å². The molecule has 1 aliphatic carbocycles. The van der Waals surface area contributed by atoms with Crippen molar-refractivity contribution in [2.45, 2.75) is 45.7 Å². The largest absolute Gasteiger partial charge is 0.361 e. The van der Waals surface area contributed by atoms with E-state index in [1.165, 1.54) is 0 Å². The zero-order chi connectivity index (χ0) is 27.5. The summed E-state index contributed by atoms with van der Waals surface area (Å²) in [6.07, 6.45) is 4.47. The van der Waals surface area contributed by atoms with E-state index in [1.54, 1.807) is 17.0 Å². The van der Waals surface area contributed by atoms with Crippen molar-refractivity contribution in [3.8, 4) is 0 Å². The van der Waals surface area contributed by atoms with Crippen LogP contribution in [-0.2, 0) is 17.8 Å². The third-order valence-electron chi connectivity index (χ3n) is 7.44. The summed E-state index contributed by atoms with van der Waals surface area (Å²) in [7, 11) is 0. The normalized spacial score (nSPS) is 12.9. The van der Waals surface area contributed by atoms with E-state index < -0.39 is 0 Å². The summed E-state index contributed by atoms with van der Waals surface area (Å²) in [5, 5.41) is 5.10. The number of benzene rings is 3. The molecule has 202 valence electrons. The Labute approximate surface area is 238 Å². The first kappa shape index (κ1) is 27.1. The number of nitrogens with zero attached hydrogens (tertiary/aromatic N) is 2. The molecule has 0 spiro atoms. The van der Waals surface area contributed by atoms with Gasteiger partial charge in [0.15, 0.2) is 0 Å². The van der Waals surface area contributed by atoms with Crippen molar-refractivity contribution < 1.29 is 9.59 Å². The van der Waals surface area contributed by atoms with Crippen molar-refractivity contribution in [1.82, 2.24) is 14.8 Å². The first-order chi connectivity index (χ1) is 18.8. The van der Waals surface area contributed by atoms with Gasteiger partial charge in [-0.05, 0) is 79.6 Å². The van der Waals surface area contributed by atoms with Gasteiger partial charge in [-0.3, -0.25) is 4.79 Å². The Morgan fingerprint density at radius 1 is 1.00 bits per heavy atom. The minimum Gasteiger partial charge on any atom is -0.361 e.